The predicted molar refractivity (Wildman–Crippen MR) is 60.5 cm³/mol. The van der Waals surface area contributed by atoms with Crippen LogP contribution >= 0.6 is 0 Å². The smallest absolute Gasteiger partial charge is 0.0537 e. The van der Waals surface area contributed by atoms with E-state index in [2.05, 4.69) is 24.3 Å². The highest BCUT2D eigenvalue weighted by molar-refractivity contribution is 5.09. The van der Waals surface area contributed by atoms with Crippen LogP contribution in [0.4, 0.5) is 0 Å². The summed E-state index contributed by atoms with van der Waals surface area (Å²) in [5.41, 5.74) is 1.18. The van der Waals surface area contributed by atoms with E-state index in [1.807, 2.05) is 26.4 Å². The van der Waals surface area contributed by atoms with E-state index in [0.29, 0.717) is 6.04 Å². The number of hydrogen-bond donors (Lipinski definition) is 2. The molecule has 1 heterocycles. The molecule has 0 radical (unpaired) electrons. The van der Waals surface area contributed by atoms with Crippen LogP contribution in [-0.4, -0.2) is 27.0 Å². The Morgan fingerprint density at radius 3 is 2.60 bits per heavy atom. The van der Waals surface area contributed by atoms with Gasteiger partial charge in [-0.05, 0) is 27.2 Å². The Labute approximate surface area is 91.3 Å². The number of rotatable bonds is 5. The minimum absolute atomic E-state index is 0.256. The van der Waals surface area contributed by atoms with Crippen molar-refractivity contribution in [3.63, 3.8) is 0 Å². The monoisotopic (exact) mass is 211 g/mol. The molecule has 4 heteroatoms. The van der Waals surface area contributed by atoms with Crippen LogP contribution in [0, 0.1) is 0 Å². The van der Waals surface area contributed by atoms with Crippen molar-refractivity contribution in [1.82, 2.24) is 15.1 Å². The summed E-state index contributed by atoms with van der Waals surface area (Å²) in [6.45, 7) is 6.00. The van der Waals surface area contributed by atoms with Gasteiger partial charge in [-0.2, -0.15) is 5.10 Å². The van der Waals surface area contributed by atoms with Crippen LogP contribution in [0.2, 0.25) is 0 Å². The van der Waals surface area contributed by atoms with Crippen molar-refractivity contribution in [2.45, 2.75) is 45.4 Å². The molecule has 1 rings (SSSR count). The van der Waals surface area contributed by atoms with Crippen molar-refractivity contribution in [2.75, 3.05) is 0 Å². The molecule has 2 N–H and O–H groups in total. The highest BCUT2D eigenvalue weighted by atomic mass is 16.3. The van der Waals surface area contributed by atoms with Crippen LogP contribution in [0.1, 0.15) is 38.8 Å². The van der Waals surface area contributed by atoms with Gasteiger partial charge in [-0.3, -0.25) is 4.68 Å². The molecule has 0 fully saturated rings. The molecular weight excluding hydrogens is 190 g/mol. The van der Waals surface area contributed by atoms with E-state index in [0.717, 1.165) is 6.42 Å². The fraction of sp³-hybridized carbons (Fsp3) is 0.727. The van der Waals surface area contributed by atoms with E-state index in [4.69, 9.17) is 0 Å². The van der Waals surface area contributed by atoms with Gasteiger partial charge >= 0.3 is 0 Å². The SMILES string of the molecule is CC(O)CC(C)NC(C)c1cnn(C)c1. The Bertz CT molecular complexity index is 296. The summed E-state index contributed by atoms with van der Waals surface area (Å²) < 4.78 is 1.80. The van der Waals surface area contributed by atoms with Gasteiger partial charge in [0.05, 0.1) is 12.3 Å². The molecule has 0 spiro atoms. The second kappa shape index (κ2) is 5.28. The van der Waals surface area contributed by atoms with Crippen LogP contribution in [0.25, 0.3) is 0 Å². The maximum absolute atomic E-state index is 9.25. The van der Waals surface area contributed by atoms with E-state index in [9.17, 15) is 5.11 Å². The average molecular weight is 211 g/mol. The maximum atomic E-state index is 9.25. The lowest BCUT2D eigenvalue weighted by Crippen LogP contribution is -2.31. The summed E-state index contributed by atoms with van der Waals surface area (Å²) in [7, 11) is 1.91. The normalized spacial score (nSPS) is 17.4. The van der Waals surface area contributed by atoms with Crippen LogP contribution in [0.5, 0.6) is 0 Å². The van der Waals surface area contributed by atoms with Crippen molar-refractivity contribution >= 4 is 0 Å². The molecule has 0 bridgehead atoms. The molecule has 1 aromatic heterocycles. The lowest BCUT2D eigenvalue weighted by molar-refractivity contribution is 0.168. The maximum Gasteiger partial charge on any atom is 0.0537 e. The second-order valence-electron chi connectivity index (χ2n) is 4.32. The van der Waals surface area contributed by atoms with Gasteiger partial charge in [0.15, 0.2) is 0 Å². The summed E-state index contributed by atoms with van der Waals surface area (Å²) in [5, 5.41) is 16.8. The Kier molecular flexibility index (Phi) is 4.29. The van der Waals surface area contributed by atoms with Crippen LogP contribution < -0.4 is 5.32 Å². The quantitative estimate of drug-likeness (QED) is 0.770. The van der Waals surface area contributed by atoms with Gasteiger partial charge in [-0.25, -0.2) is 0 Å². The number of aromatic nitrogens is 2. The molecular formula is C11H21N3O. The Balaban J connectivity index is 2.45. The van der Waals surface area contributed by atoms with Gasteiger partial charge in [0.25, 0.3) is 0 Å². The third-order valence-electron chi connectivity index (χ3n) is 2.45. The van der Waals surface area contributed by atoms with E-state index in [1.54, 1.807) is 4.68 Å². The Morgan fingerprint density at radius 2 is 2.13 bits per heavy atom. The highest BCUT2D eigenvalue weighted by Crippen LogP contribution is 2.12. The number of hydrogen-bond acceptors (Lipinski definition) is 3. The highest BCUT2D eigenvalue weighted by Gasteiger charge is 2.12. The van der Waals surface area contributed by atoms with E-state index < -0.39 is 0 Å². The number of nitrogens with one attached hydrogen (secondary N) is 1. The number of nitrogens with zero attached hydrogens (tertiary/aromatic N) is 2. The van der Waals surface area contributed by atoms with Crippen molar-refractivity contribution in [2.24, 2.45) is 7.05 Å². The molecule has 0 aliphatic heterocycles. The molecule has 0 aliphatic carbocycles. The molecule has 0 amide bonds. The van der Waals surface area contributed by atoms with Crippen molar-refractivity contribution in [3.05, 3.63) is 18.0 Å². The zero-order valence-corrected chi connectivity index (χ0v) is 9.94. The van der Waals surface area contributed by atoms with Crippen molar-refractivity contribution in [3.8, 4) is 0 Å². The van der Waals surface area contributed by atoms with Crippen molar-refractivity contribution < 1.29 is 5.11 Å². The minimum Gasteiger partial charge on any atom is -0.393 e. The lowest BCUT2D eigenvalue weighted by atomic mass is 10.1. The fourth-order valence-electron chi connectivity index (χ4n) is 1.77. The first-order chi connectivity index (χ1) is 6.99. The van der Waals surface area contributed by atoms with Crippen LogP contribution in [0.15, 0.2) is 12.4 Å². The number of aliphatic hydroxyl groups excluding tert-OH is 1. The molecule has 4 nitrogen and oxygen atoms in total. The first kappa shape index (κ1) is 12.2. The summed E-state index contributed by atoms with van der Waals surface area (Å²) in [6.07, 6.45) is 4.39. The van der Waals surface area contributed by atoms with Crippen LogP contribution in [0.3, 0.4) is 0 Å². The second-order valence-corrected chi connectivity index (χ2v) is 4.32. The van der Waals surface area contributed by atoms with Gasteiger partial charge in [-0.1, -0.05) is 0 Å². The van der Waals surface area contributed by atoms with Crippen LogP contribution in [-0.2, 0) is 7.05 Å². The molecule has 15 heavy (non-hydrogen) atoms. The number of aliphatic hydroxyl groups is 1. The van der Waals surface area contributed by atoms with Gasteiger partial charge in [0.1, 0.15) is 0 Å². The molecule has 3 unspecified atom stereocenters. The molecule has 3 atom stereocenters. The zero-order chi connectivity index (χ0) is 11.4. The topological polar surface area (TPSA) is 50.1 Å². The lowest BCUT2D eigenvalue weighted by Gasteiger charge is -2.20. The predicted octanol–water partition coefficient (Wildman–Crippen LogP) is 1.23. The zero-order valence-electron chi connectivity index (χ0n) is 9.94. The molecule has 0 saturated carbocycles. The summed E-state index contributed by atoms with van der Waals surface area (Å²) >= 11 is 0. The average Bonchev–Trinajstić information content (AvgIpc) is 2.49. The van der Waals surface area contributed by atoms with E-state index >= 15 is 0 Å². The molecule has 0 aromatic carbocycles. The summed E-state index contributed by atoms with van der Waals surface area (Å²) in [5.74, 6) is 0. The van der Waals surface area contributed by atoms with Gasteiger partial charge in [-0.15, -0.1) is 0 Å². The van der Waals surface area contributed by atoms with Gasteiger partial charge in [0.2, 0.25) is 0 Å². The first-order valence-electron chi connectivity index (χ1n) is 5.41. The van der Waals surface area contributed by atoms with E-state index in [1.165, 1.54) is 5.56 Å². The molecule has 1 aromatic rings. The third kappa shape index (κ3) is 4.01. The molecule has 0 saturated heterocycles. The van der Waals surface area contributed by atoms with Crippen molar-refractivity contribution in [1.29, 1.82) is 0 Å². The van der Waals surface area contributed by atoms with Gasteiger partial charge in [0, 0.05) is 30.9 Å². The summed E-state index contributed by atoms with van der Waals surface area (Å²) in [6, 6.07) is 0.577. The minimum atomic E-state index is -0.256. The summed E-state index contributed by atoms with van der Waals surface area (Å²) in [4.78, 5) is 0. The fourth-order valence-corrected chi connectivity index (χ4v) is 1.77. The van der Waals surface area contributed by atoms with E-state index in [-0.39, 0.29) is 12.1 Å². The molecule has 0 aliphatic rings. The Hall–Kier alpha value is -0.870. The Morgan fingerprint density at radius 1 is 1.47 bits per heavy atom. The first-order valence-corrected chi connectivity index (χ1v) is 5.41. The van der Waals surface area contributed by atoms with Gasteiger partial charge < -0.3 is 10.4 Å². The number of aryl methyl sites for hydroxylation is 1. The standard InChI is InChI=1S/C11H21N3O/c1-8(5-9(2)15)13-10(3)11-6-12-14(4)7-11/h6-10,13,15H,5H2,1-4H3. The molecule has 86 valence electrons. The largest absolute Gasteiger partial charge is 0.393 e. The third-order valence-corrected chi connectivity index (χ3v) is 2.45.